The van der Waals surface area contributed by atoms with Crippen LogP contribution in [0.2, 0.25) is 0 Å². The van der Waals surface area contributed by atoms with E-state index < -0.39 is 11.2 Å². The first-order valence-electron chi connectivity index (χ1n) is 7.42. The summed E-state index contributed by atoms with van der Waals surface area (Å²) in [4.78, 5) is 13.4. The number of carbonyl (C=O) groups is 1. The van der Waals surface area contributed by atoms with E-state index in [-0.39, 0.29) is 12.1 Å². The average Bonchev–Trinajstić information content (AvgIpc) is 2.08. The van der Waals surface area contributed by atoms with Crippen LogP contribution in [0.3, 0.4) is 0 Å². The molecule has 118 valence electrons. The molecule has 0 spiro atoms. The molecule has 1 aliphatic heterocycles. The summed E-state index contributed by atoms with van der Waals surface area (Å²) in [7, 11) is 0. The molecule has 0 saturated carbocycles. The zero-order chi connectivity index (χ0) is 15.6. The zero-order valence-corrected chi connectivity index (χ0v) is 13.7. The highest BCUT2D eigenvalue weighted by Crippen LogP contribution is 2.18. The van der Waals surface area contributed by atoms with Gasteiger partial charge in [0.1, 0.15) is 5.60 Å². The van der Waals surface area contributed by atoms with Crippen molar-refractivity contribution in [2.45, 2.75) is 65.2 Å². The topological polar surface area (TPSA) is 61.8 Å². The van der Waals surface area contributed by atoms with Crippen molar-refractivity contribution in [1.29, 1.82) is 0 Å². The highest BCUT2D eigenvalue weighted by Gasteiger charge is 2.34. The molecule has 1 heterocycles. The van der Waals surface area contributed by atoms with Crippen LogP contribution in [-0.2, 0) is 4.74 Å². The van der Waals surface area contributed by atoms with Gasteiger partial charge in [-0.2, -0.15) is 0 Å². The minimum atomic E-state index is -0.694. The second-order valence-corrected chi connectivity index (χ2v) is 7.56. The van der Waals surface area contributed by atoms with Crippen molar-refractivity contribution < 1.29 is 14.6 Å². The maximum atomic E-state index is 11.8. The standard InChI is InChI=1S/C15H30N2O3/c1-11(2)7-15(6,19)10-16-12-8-17(9-12)13(18)20-14(3,4)5/h11-12,16,19H,7-10H2,1-6H3. The predicted octanol–water partition coefficient (Wildman–Crippen LogP) is 1.99. The van der Waals surface area contributed by atoms with Gasteiger partial charge in [0, 0.05) is 25.7 Å². The first-order valence-corrected chi connectivity index (χ1v) is 7.42. The fourth-order valence-electron chi connectivity index (χ4n) is 2.40. The normalized spacial score (nSPS) is 19.7. The van der Waals surface area contributed by atoms with Gasteiger partial charge in [-0.15, -0.1) is 0 Å². The van der Waals surface area contributed by atoms with E-state index in [4.69, 9.17) is 4.74 Å². The highest BCUT2D eigenvalue weighted by atomic mass is 16.6. The maximum absolute atomic E-state index is 11.8. The summed E-state index contributed by atoms with van der Waals surface area (Å²) in [6, 6.07) is 0.251. The van der Waals surface area contributed by atoms with E-state index in [2.05, 4.69) is 19.2 Å². The number of nitrogens with one attached hydrogen (secondary N) is 1. The second-order valence-electron chi connectivity index (χ2n) is 7.56. The SMILES string of the molecule is CC(C)CC(C)(O)CNC1CN(C(=O)OC(C)(C)C)C1. The lowest BCUT2D eigenvalue weighted by molar-refractivity contribution is -0.00187. The molecule has 20 heavy (non-hydrogen) atoms. The third kappa shape index (κ3) is 6.09. The Morgan fingerprint density at radius 2 is 1.90 bits per heavy atom. The van der Waals surface area contributed by atoms with Gasteiger partial charge in [0.25, 0.3) is 0 Å². The largest absolute Gasteiger partial charge is 0.444 e. The number of amides is 1. The number of nitrogens with zero attached hydrogens (tertiary/aromatic N) is 1. The summed E-state index contributed by atoms with van der Waals surface area (Å²) in [5, 5.41) is 13.5. The van der Waals surface area contributed by atoms with Crippen LogP contribution in [0.5, 0.6) is 0 Å². The molecular weight excluding hydrogens is 256 g/mol. The smallest absolute Gasteiger partial charge is 0.410 e. The van der Waals surface area contributed by atoms with Crippen molar-refractivity contribution in [3.63, 3.8) is 0 Å². The number of hydrogen-bond acceptors (Lipinski definition) is 4. The minimum Gasteiger partial charge on any atom is -0.444 e. The summed E-state index contributed by atoms with van der Waals surface area (Å²) < 4.78 is 5.30. The molecule has 1 amide bonds. The fourth-order valence-corrected chi connectivity index (χ4v) is 2.40. The molecule has 1 saturated heterocycles. The van der Waals surface area contributed by atoms with E-state index in [1.54, 1.807) is 4.90 Å². The number of rotatable bonds is 5. The Labute approximate surface area is 122 Å². The van der Waals surface area contributed by atoms with Crippen molar-refractivity contribution in [1.82, 2.24) is 10.2 Å². The Bertz CT molecular complexity index is 329. The number of hydrogen-bond donors (Lipinski definition) is 2. The monoisotopic (exact) mass is 286 g/mol. The Balaban J connectivity index is 2.24. The van der Waals surface area contributed by atoms with Crippen LogP contribution < -0.4 is 5.32 Å². The first-order chi connectivity index (χ1) is 8.98. The van der Waals surface area contributed by atoms with Crippen LogP contribution in [0.25, 0.3) is 0 Å². The van der Waals surface area contributed by atoms with Crippen LogP contribution >= 0.6 is 0 Å². The summed E-state index contributed by atoms with van der Waals surface area (Å²) in [5.74, 6) is 0.464. The van der Waals surface area contributed by atoms with E-state index in [1.807, 2.05) is 27.7 Å². The Morgan fingerprint density at radius 1 is 1.35 bits per heavy atom. The minimum absolute atomic E-state index is 0.251. The summed E-state index contributed by atoms with van der Waals surface area (Å²) in [5.41, 5.74) is -1.14. The van der Waals surface area contributed by atoms with Gasteiger partial charge in [-0.3, -0.25) is 0 Å². The summed E-state index contributed by atoms with van der Waals surface area (Å²) in [6.07, 6.45) is 0.507. The Hall–Kier alpha value is -0.810. The molecule has 2 N–H and O–H groups in total. The van der Waals surface area contributed by atoms with E-state index in [0.717, 1.165) is 6.42 Å². The maximum Gasteiger partial charge on any atom is 0.410 e. The lowest BCUT2D eigenvalue weighted by Gasteiger charge is -2.41. The molecule has 1 fully saturated rings. The third-order valence-corrected chi connectivity index (χ3v) is 3.15. The van der Waals surface area contributed by atoms with Crippen molar-refractivity contribution in [3.8, 4) is 0 Å². The predicted molar refractivity (Wildman–Crippen MR) is 79.7 cm³/mol. The molecule has 0 aromatic carbocycles. The van der Waals surface area contributed by atoms with Gasteiger partial charge in [-0.1, -0.05) is 13.8 Å². The first kappa shape index (κ1) is 17.2. The summed E-state index contributed by atoms with van der Waals surface area (Å²) in [6.45, 7) is 13.5. The Kier molecular flexibility index (Phi) is 5.44. The molecule has 0 aromatic rings. The third-order valence-electron chi connectivity index (χ3n) is 3.15. The van der Waals surface area contributed by atoms with Crippen LogP contribution in [0.1, 0.15) is 48.0 Å². The lowest BCUT2D eigenvalue weighted by atomic mass is 9.93. The second kappa shape index (κ2) is 6.31. The molecule has 0 bridgehead atoms. The van der Waals surface area contributed by atoms with E-state index in [1.165, 1.54) is 0 Å². The van der Waals surface area contributed by atoms with Crippen molar-refractivity contribution >= 4 is 6.09 Å². The van der Waals surface area contributed by atoms with E-state index in [9.17, 15) is 9.90 Å². The molecular formula is C15H30N2O3. The fraction of sp³-hybridized carbons (Fsp3) is 0.933. The average molecular weight is 286 g/mol. The van der Waals surface area contributed by atoms with Crippen LogP contribution in [0.15, 0.2) is 0 Å². The number of ether oxygens (including phenoxy) is 1. The van der Waals surface area contributed by atoms with Crippen LogP contribution in [0.4, 0.5) is 4.79 Å². The van der Waals surface area contributed by atoms with Crippen molar-refractivity contribution in [3.05, 3.63) is 0 Å². The lowest BCUT2D eigenvalue weighted by Crippen LogP contribution is -2.62. The molecule has 1 rings (SSSR count). The Morgan fingerprint density at radius 3 is 2.35 bits per heavy atom. The van der Waals surface area contributed by atoms with Crippen molar-refractivity contribution in [2.24, 2.45) is 5.92 Å². The van der Waals surface area contributed by atoms with Gasteiger partial charge >= 0.3 is 6.09 Å². The van der Waals surface area contributed by atoms with Crippen molar-refractivity contribution in [2.75, 3.05) is 19.6 Å². The van der Waals surface area contributed by atoms with Gasteiger partial charge in [-0.25, -0.2) is 4.79 Å². The molecule has 0 radical (unpaired) electrons. The molecule has 5 nitrogen and oxygen atoms in total. The van der Waals surface area contributed by atoms with Crippen LogP contribution in [-0.4, -0.2) is 53.0 Å². The van der Waals surface area contributed by atoms with Gasteiger partial charge in [0.05, 0.1) is 5.60 Å². The number of aliphatic hydroxyl groups is 1. The number of likely N-dealkylation sites (tertiary alicyclic amines) is 1. The molecule has 1 aliphatic rings. The zero-order valence-electron chi connectivity index (χ0n) is 13.7. The molecule has 0 aromatic heterocycles. The number of carbonyl (C=O) groups excluding carboxylic acids is 1. The highest BCUT2D eigenvalue weighted by molar-refractivity contribution is 5.69. The molecule has 0 aliphatic carbocycles. The summed E-state index contributed by atoms with van der Waals surface area (Å²) >= 11 is 0. The quantitative estimate of drug-likeness (QED) is 0.811. The van der Waals surface area contributed by atoms with Gasteiger partial charge < -0.3 is 20.1 Å². The van der Waals surface area contributed by atoms with E-state index in [0.29, 0.717) is 25.6 Å². The van der Waals surface area contributed by atoms with E-state index >= 15 is 0 Å². The van der Waals surface area contributed by atoms with Gasteiger partial charge in [0.2, 0.25) is 0 Å². The van der Waals surface area contributed by atoms with Gasteiger partial charge in [0.15, 0.2) is 0 Å². The molecule has 1 unspecified atom stereocenters. The molecule has 1 atom stereocenters. The molecule has 5 heteroatoms. The van der Waals surface area contributed by atoms with Crippen LogP contribution in [0, 0.1) is 5.92 Å². The van der Waals surface area contributed by atoms with Gasteiger partial charge in [-0.05, 0) is 40.0 Å².